The maximum Gasteiger partial charge on any atom is 0.354 e. The van der Waals surface area contributed by atoms with Crippen molar-refractivity contribution in [3.63, 3.8) is 0 Å². The van der Waals surface area contributed by atoms with Crippen LogP contribution in [-0.4, -0.2) is 118 Å². The minimum Gasteiger partial charge on any atom is -0.490 e. The first-order valence-corrected chi connectivity index (χ1v) is 41.8. The number of rotatable bonds is 15. The summed E-state index contributed by atoms with van der Waals surface area (Å²) < 4.78 is 103. The van der Waals surface area contributed by atoms with Gasteiger partial charge in [-0.1, -0.05) is 127 Å². The number of carboxylic acids is 1. The summed E-state index contributed by atoms with van der Waals surface area (Å²) in [5.41, 5.74) is 16.2. The van der Waals surface area contributed by atoms with E-state index in [1.54, 1.807) is 36.4 Å². The topological polar surface area (TPSA) is 253 Å². The molecule has 0 radical (unpaired) electrons. The number of nitrogens with zero attached hydrogens (tertiary/aromatic N) is 6. The Morgan fingerprint density at radius 2 is 0.762 bits per heavy atom. The number of hydroxylamine groups is 2. The number of benzene rings is 5. The van der Waals surface area contributed by atoms with Gasteiger partial charge in [0.2, 0.25) is 0 Å². The fourth-order valence-corrected chi connectivity index (χ4v) is 16.5. The van der Waals surface area contributed by atoms with Gasteiger partial charge in [0.1, 0.15) is 115 Å². The van der Waals surface area contributed by atoms with Gasteiger partial charge in [-0.3, -0.25) is 14.4 Å². The number of fused-ring (bicyclic) bond motifs is 5. The summed E-state index contributed by atoms with van der Waals surface area (Å²) in [5.74, 6) is 0.0946. The third kappa shape index (κ3) is 17.0. The Morgan fingerprint density at radius 3 is 1.07 bits per heavy atom. The summed E-state index contributed by atoms with van der Waals surface area (Å²) in [4.78, 5) is 64.1. The van der Waals surface area contributed by atoms with Crippen molar-refractivity contribution in [2.75, 3.05) is 60.3 Å². The van der Waals surface area contributed by atoms with Crippen molar-refractivity contribution in [1.29, 1.82) is 0 Å². The van der Waals surface area contributed by atoms with E-state index in [4.69, 9.17) is 107 Å². The van der Waals surface area contributed by atoms with E-state index in [0.717, 1.165) is 87.9 Å². The molecule has 638 valence electrons. The number of ether oxygens (including phenoxy) is 6. The second-order valence-electron chi connectivity index (χ2n) is 35.5. The Hall–Kier alpha value is -9.60. The molecule has 3 aliphatic carbocycles. The van der Waals surface area contributed by atoms with Gasteiger partial charge in [-0.2, -0.15) is 0 Å². The van der Waals surface area contributed by atoms with Gasteiger partial charge in [0, 0.05) is 102 Å². The molecule has 5 aromatic carbocycles. The molecular weight excluding hydrogens is 1680 g/mol. The molecule has 5 aromatic heterocycles. The normalized spacial score (nSPS) is 19.1. The Bertz CT molecular complexity index is 5920. The Labute approximate surface area is 727 Å². The van der Waals surface area contributed by atoms with Crippen LogP contribution in [0.3, 0.4) is 0 Å². The van der Waals surface area contributed by atoms with Crippen molar-refractivity contribution in [3.8, 4) is 85.0 Å². The third-order valence-electron chi connectivity index (χ3n) is 23.7. The van der Waals surface area contributed by atoms with Crippen molar-refractivity contribution < 1.29 is 79.8 Å². The Morgan fingerprint density at radius 1 is 0.451 bits per heavy atom. The highest BCUT2D eigenvalue weighted by Gasteiger charge is 2.59. The predicted octanol–water partition coefficient (Wildman–Crippen LogP) is 21.2. The zero-order chi connectivity index (χ0) is 87.6. The van der Waals surface area contributed by atoms with E-state index in [-0.39, 0.29) is 99.2 Å². The number of halogens is 10. The van der Waals surface area contributed by atoms with Crippen LogP contribution in [0.1, 0.15) is 178 Å². The smallest absolute Gasteiger partial charge is 0.354 e. The van der Waals surface area contributed by atoms with E-state index in [1.165, 1.54) is 93.7 Å². The molecule has 3 saturated carbocycles. The number of hydrogen-bond donors (Lipinski definition) is 3. The van der Waals surface area contributed by atoms with Crippen LogP contribution in [0.4, 0.5) is 22.0 Å². The molecule has 1 saturated heterocycles. The van der Waals surface area contributed by atoms with Gasteiger partial charge in [-0.05, 0) is 172 Å². The molecular formula is C93H89Cl5F5N7O12. The zero-order valence-electron chi connectivity index (χ0n) is 69.0. The molecule has 4 N–H and O–H groups in total. The molecule has 122 heavy (non-hydrogen) atoms. The number of Topliss-reactive ketones (excluding diaryl/α,β-unsaturated/α-hetero) is 1. The average molecular weight is 1770 g/mol. The minimum atomic E-state index is -1.16. The molecule has 6 aliphatic heterocycles. The molecule has 0 bridgehead atoms. The highest BCUT2D eigenvalue weighted by molar-refractivity contribution is 6.32. The summed E-state index contributed by atoms with van der Waals surface area (Å²) >= 11 is 29.6. The monoisotopic (exact) mass is 1770 g/mol. The largest absolute Gasteiger partial charge is 0.490 e. The van der Waals surface area contributed by atoms with Gasteiger partial charge in [-0.15, -0.1) is 0 Å². The van der Waals surface area contributed by atoms with Gasteiger partial charge in [0.25, 0.3) is 5.91 Å². The Balaban J connectivity index is 0.000000119. The fraction of sp³-hybridized carbons (Fsp3) is 0.376. The lowest BCUT2D eigenvalue weighted by Crippen LogP contribution is -2.38. The highest BCUT2D eigenvalue weighted by atomic mass is 35.5. The van der Waals surface area contributed by atoms with Crippen LogP contribution in [0.2, 0.25) is 25.1 Å². The van der Waals surface area contributed by atoms with Crippen LogP contribution in [0.25, 0.3) is 56.3 Å². The number of hydrogen-bond acceptors (Lipinski definition) is 17. The molecule has 2 unspecified atom stereocenters. The molecule has 0 spiro atoms. The van der Waals surface area contributed by atoms with Crippen molar-refractivity contribution in [3.05, 3.63) is 232 Å². The zero-order valence-corrected chi connectivity index (χ0v) is 72.8. The number of amides is 1. The predicted molar refractivity (Wildman–Crippen MR) is 455 cm³/mol. The number of nitrogens with two attached hydrogens (primary N) is 1. The second-order valence-corrected chi connectivity index (χ2v) is 37.5. The van der Waals surface area contributed by atoms with Crippen molar-refractivity contribution in [1.82, 2.24) is 30.0 Å². The molecule has 4 fully saturated rings. The van der Waals surface area contributed by atoms with Crippen LogP contribution in [0.15, 0.2) is 121 Å². The number of ketones is 1. The summed E-state index contributed by atoms with van der Waals surface area (Å²) in [6.45, 7) is 24.0. The molecule has 19 rings (SSSR count). The summed E-state index contributed by atoms with van der Waals surface area (Å²) in [5, 5.41) is 21.6. The number of pyridine rings is 5. The minimum absolute atomic E-state index is 0.0175. The second kappa shape index (κ2) is 32.8. The number of aromatic nitrogens is 5. The number of carbonyl (C=O) groups is 3. The third-order valence-corrected chi connectivity index (χ3v) is 25.1. The SMILES string of the molecule is CC1(C)COc2c1cc(C(=O)C1CC1)nc2-c1ccc(F)c(Cl)c1.CC1(C)COc2c1cc(C(=O)O)nc2-c1ccc(F)c(Cl)c1.CC1(C)COc2c1cc(C(O)(CN)C1CC1)nc2-c1ccc(F)c(Cl)c1.CC1(C)COc2c1cc(C1(C3CC3)CO1)nc2-c1ccc(F)c(Cl)c1.CON(C)C(=O)c1cc2c(c(-c3ccc(F)c(Cl)c3)n1)OCC2(C)C. The lowest BCUT2D eigenvalue weighted by molar-refractivity contribution is -0.0760. The average Bonchev–Trinajstić information content (AvgIpc) is 1.55. The first kappa shape index (κ1) is 87.3. The molecule has 1 amide bonds. The van der Waals surface area contributed by atoms with Gasteiger partial charge in [0.15, 0.2) is 5.78 Å². The summed E-state index contributed by atoms with van der Waals surface area (Å²) in [7, 11) is 2.91. The maximum absolute atomic E-state index is 13.6. The van der Waals surface area contributed by atoms with Crippen molar-refractivity contribution in [2.24, 2.45) is 23.5 Å². The molecule has 10 aromatic rings. The molecule has 29 heteroatoms. The van der Waals surface area contributed by atoms with Crippen LogP contribution >= 0.6 is 58.0 Å². The first-order chi connectivity index (χ1) is 57.6. The molecule has 2 atom stereocenters. The highest BCUT2D eigenvalue weighted by Crippen LogP contribution is 2.59. The molecule has 19 nitrogen and oxygen atoms in total. The van der Waals surface area contributed by atoms with Gasteiger partial charge in [0.05, 0.1) is 83.3 Å². The van der Waals surface area contributed by atoms with E-state index in [1.807, 2.05) is 39.8 Å². The number of aromatic carboxylic acids is 1. The van der Waals surface area contributed by atoms with E-state index in [0.29, 0.717) is 118 Å². The van der Waals surface area contributed by atoms with Gasteiger partial charge >= 0.3 is 5.97 Å². The number of epoxide rings is 1. The van der Waals surface area contributed by atoms with E-state index >= 15 is 0 Å². The van der Waals surface area contributed by atoms with Crippen LogP contribution in [0.5, 0.6) is 28.7 Å². The van der Waals surface area contributed by atoms with Crippen LogP contribution in [0, 0.1) is 46.8 Å². The maximum atomic E-state index is 13.6. The van der Waals surface area contributed by atoms with E-state index < -0.39 is 40.7 Å². The first-order valence-electron chi connectivity index (χ1n) is 39.9. The van der Waals surface area contributed by atoms with Crippen LogP contribution in [-0.2, 0) is 47.9 Å². The Kier molecular flexibility index (Phi) is 23.5. The van der Waals surface area contributed by atoms with Gasteiger partial charge in [-0.25, -0.2) is 56.7 Å². The molecule has 9 aliphatic rings. The van der Waals surface area contributed by atoms with Crippen molar-refractivity contribution >= 4 is 75.7 Å². The van der Waals surface area contributed by atoms with Crippen LogP contribution < -0.4 is 29.4 Å². The lowest BCUT2D eigenvalue weighted by Gasteiger charge is -2.28. The number of aliphatic hydroxyl groups is 1. The number of carboxylic acid groups (broad SMARTS) is 1. The van der Waals surface area contributed by atoms with Crippen molar-refractivity contribution in [2.45, 2.75) is 146 Å². The number of carbonyl (C=O) groups excluding carboxylic acids is 2. The quantitative estimate of drug-likeness (QED) is 0.0373. The van der Waals surface area contributed by atoms with Gasteiger partial charge < -0.3 is 44.4 Å². The van der Waals surface area contributed by atoms with E-state index in [2.05, 4.69) is 62.6 Å². The fourth-order valence-electron chi connectivity index (χ4n) is 15.6. The van der Waals surface area contributed by atoms with E-state index in [9.17, 15) is 46.5 Å². The standard InChI is InChI=1S/C20H22ClFN2O2.C20H19ClFNO2.C19H17ClFNO2.C18H18ClFN2O3.C16H13ClFNO3/c1-19(2)10-26-18-13(19)8-16(20(25,9-23)12-4-5-12)24-17(18)11-3-6-15(22)14(21)7-11;1-19(2)9-24-18-13(19)8-16(20(10-25-20)12-4-5-12)23-17(18)11-3-6-15(22)14(21)7-11;1-19(2)9-24-18-12(19)8-15(17(23)10-3-4-10)22-16(18)11-5-6-14(21)13(20)7-11;1-18(2)9-25-16-11(18)8-14(17(23)22(3)24-4)21-15(16)10-5-6-13(20)12(19)7-10;1-16(2)7-22-14-9(16)6-12(15(20)21)19-13(14)8-3-4-11(18)10(17)5-8/h3,6-8,12,25H,4-5,9-10,23H2,1-2H3;3,6-8,12H,4-5,9-10H2,1-2H3;5-8,10H,3-4,9H2,1-2H3;5-8H,9H2,1-4H3;3-6H,7H2,1-2H3,(H,20,21). The summed E-state index contributed by atoms with van der Waals surface area (Å²) in [6.07, 6.45) is 6.10. The summed E-state index contributed by atoms with van der Waals surface area (Å²) in [6, 6.07) is 31.3. The molecule has 11 heterocycles. The lowest BCUT2D eigenvalue weighted by atomic mass is 9.83.